The predicted molar refractivity (Wildman–Crippen MR) is 108 cm³/mol. The Morgan fingerprint density at radius 3 is 2.38 bits per heavy atom. The zero-order valence-electron chi connectivity index (χ0n) is 16.4. The quantitative estimate of drug-likeness (QED) is 0.574. The average Bonchev–Trinajstić information content (AvgIpc) is 3.08. The molecule has 29 heavy (non-hydrogen) atoms. The van der Waals surface area contributed by atoms with Crippen LogP contribution in [-0.4, -0.2) is 44.9 Å². The van der Waals surface area contributed by atoms with Crippen LogP contribution in [0.25, 0.3) is 10.2 Å². The maximum atomic E-state index is 12.7. The fraction of sp³-hybridized carbons (Fsp3) is 0.250. The van der Waals surface area contributed by atoms with E-state index in [0.29, 0.717) is 33.1 Å². The lowest BCUT2D eigenvalue weighted by molar-refractivity contribution is -0.141. The van der Waals surface area contributed by atoms with Gasteiger partial charge in [0.2, 0.25) is 0 Å². The predicted octanol–water partition coefficient (Wildman–Crippen LogP) is 2.64. The van der Waals surface area contributed by atoms with E-state index in [0.717, 1.165) is 4.70 Å². The SMILES string of the molecule is COC(=O)Cn1c(=NC(=O)c2cccc(OC)c2)sc2cc(OC)c(OC)cc21. The van der Waals surface area contributed by atoms with Gasteiger partial charge in [-0.2, -0.15) is 4.99 Å². The van der Waals surface area contributed by atoms with Gasteiger partial charge in [-0.1, -0.05) is 17.4 Å². The standard InChI is InChI=1S/C20H20N2O6S/c1-25-13-7-5-6-12(8-13)19(24)21-20-22(11-18(23)28-4)14-9-15(26-2)16(27-3)10-17(14)29-20/h5-10H,11H2,1-4H3. The van der Waals surface area contributed by atoms with Crippen LogP contribution in [0, 0.1) is 0 Å². The number of benzene rings is 2. The van der Waals surface area contributed by atoms with Gasteiger partial charge in [0, 0.05) is 17.7 Å². The lowest BCUT2D eigenvalue weighted by atomic mass is 10.2. The number of rotatable bonds is 6. The van der Waals surface area contributed by atoms with Crippen LogP contribution in [-0.2, 0) is 16.1 Å². The van der Waals surface area contributed by atoms with Gasteiger partial charge >= 0.3 is 5.97 Å². The van der Waals surface area contributed by atoms with E-state index in [1.807, 2.05) is 0 Å². The molecule has 0 aliphatic carbocycles. The highest BCUT2D eigenvalue weighted by Gasteiger charge is 2.16. The zero-order valence-corrected chi connectivity index (χ0v) is 17.2. The Kier molecular flexibility index (Phi) is 6.18. The molecule has 1 amide bonds. The van der Waals surface area contributed by atoms with Crippen molar-refractivity contribution >= 4 is 33.4 Å². The second-order valence-corrected chi connectivity index (χ2v) is 6.88. The van der Waals surface area contributed by atoms with E-state index in [2.05, 4.69) is 4.99 Å². The van der Waals surface area contributed by atoms with Crippen LogP contribution < -0.4 is 19.0 Å². The Labute approximate surface area is 170 Å². The second kappa shape index (κ2) is 8.78. The third-order valence-electron chi connectivity index (χ3n) is 4.22. The monoisotopic (exact) mass is 416 g/mol. The first-order valence-electron chi connectivity index (χ1n) is 8.56. The molecule has 0 spiro atoms. The third-order valence-corrected chi connectivity index (χ3v) is 5.26. The minimum Gasteiger partial charge on any atom is -0.497 e. The Morgan fingerprint density at radius 2 is 1.72 bits per heavy atom. The van der Waals surface area contributed by atoms with Crippen molar-refractivity contribution in [3.63, 3.8) is 0 Å². The van der Waals surface area contributed by atoms with E-state index in [1.165, 1.54) is 39.8 Å². The topological polar surface area (TPSA) is 88.4 Å². The van der Waals surface area contributed by atoms with Crippen LogP contribution in [0.1, 0.15) is 10.4 Å². The van der Waals surface area contributed by atoms with E-state index in [1.54, 1.807) is 41.0 Å². The fourth-order valence-corrected chi connectivity index (χ4v) is 3.77. The van der Waals surface area contributed by atoms with Crippen molar-refractivity contribution in [2.75, 3.05) is 28.4 Å². The van der Waals surface area contributed by atoms with E-state index in [4.69, 9.17) is 18.9 Å². The van der Waals surface area contributed by atoms with Gasteiger partial charge in [-0.3, -0.25) is 9.59 Å². The number of methoxy groups -OCH3 is 4. The van der Waals surface area contributed by atoms with Crippen molar-refractivity contribution in [3.8, 4) is 17.2 Å². The van der Waals surface area contributed by atoms with Gasteiger partial charge in [-0.05, 0) is 18.2 Å². The number of aromatic nitrogens is 1. The minimum atomic E-state index is -0.463. The van der Waals surface area contributed by atoms with Crippen molar-refractivity contribution in [3.05, 3.63) is 46.8 Å². The summed E-state index contributed by atoms with van der Waals surface area (Å²) < 4.78 is 23.0. The van der Waals surface area contributed by atoms with Gasteiger partial charge < -0.3 is 23.5 Å². The molecule has 0 aliphatic rings. The molecule has 0 radical (unpaired) electrons. The van der Waals surface area contributed by atoms with Crippen LogP contribution in [0.2, 0.25) is 0 Å². The molecular formula is C20H20N2O6S. The fourth-order valence-electron chi connectivity index (χ4n) is 2.74. The number of ether oxygens (including phenoxy) is 4. The maximum Gasteiger partial charge on any atom is 0.325 e. The van der Waals surface area contributed by atoms with Crippen LogP contribution >= 0.6 is 11.3 Å². The van der Waals surface area contributed by atoms with Crippen LogP contribution in [0.5, 0.6) is 17.2 Å². The molecule has 2 aromatic carbocycles. The lowest BCUT2D eigenvalue weighted by Crippen LogP contribution is -2.22. The van der Waals surface area contributed by atoms with Gasteiger partial charge in [-0.25, -0.2) is 0 Å². The molecule has 0 bridgehead atoms. The van der Waals surface area contributed by atoms with Gasteiger partial charge in [0.25, 0.3) is 5.91 Å². The summed E-state index contributed by atoms with van der Waals surface area (Å²) in [6, 6.07) is 10.2. The Hall–Kier alpha value is -3.33. The Bertz CT molecular complexity index is 1130. The van der Waals surface area contributed by atoms with Crippen molar-refractivity contribution in [1.82, 2.24) is 4.57 Å². The van der Waals surface area contributed by atoms with Gasteiger partial charge in [-0.15, -0.1) is 0 Å². The highest BCUT2D eigenvalue weighted by molar-refractivity contribution is 7.16. The smallest absolute Gasteiger partial charge is 0.325 e. The van der Waals surface area contributed by atoms with E-state index in [9.17, 15) is 9.59 Å². The number of fused-ring (bicyclic) bond motifs is 1. The highest BCUT2D eigenvalue weighted by atomic mass is 32.1. The molecule has 0 aliphatic heterocycles. The molecule has 3 rings (SSSR count). The minimum absolute atomic E-state index is 0.101. The Balaban J connectivity index is 2.18. The van der Waals surface area contributed by atoms with Gasteiger partial charge in [0.05, 0.1) is 38.7 Å². The molecule has 8 nitrogen and oxygen atoms in total. The molecule has 1 heterocycles. The molecule has 0 saturated heterocycles. The molecule has 0 N–H and O–H groups in total. The van der Waals surface area contributed by atoms with Gasteiger partial charge in [0.15, 0.2) is 16.3 Å². The molecule has 0 saturated carbocycles. The molecule has 9 heteroatoms. The first-order chi connectivity index (χ1) is 14.0. The second-order valence-electron chi connectivity index (χ2n) is 5.87. The number of thiazole rings is 1. The van der Waals surface area contributed by atoms with Crippen LogP contribution in [0.15, 0.2) is 41.4 Å². The molecule has 0 atom stereocenters. The Morgan fingerprint density at radius 1 is 1.00 bits per heavy atom. The molecule has 0 unspecified atom stereocenters. The lowest BCUT2D eigenvalue weighted by Gasteiger charge is -2.09. The summed E-state index contributed by atoms with van der Waals surface area (Å²) in [6.45, 7) is -0.101. The number of amides is 1. The van der Waals surface area contributed by atoms with Gasteiger partial charge in [0.1, 0.15) is 12.3 Å². The third kappa shape index (κ3) is 4.24. The zero-order chi connectivity index (χ0) is 21.0. The summed E-state index contributed by atoms with van der Waals surface area (Å²) in [5.41, 5.74) is 1.05. The summed E-state index contributed by atoms with van der Waals surface area (Å²) >= 11 is 1.26. The van der Waals surface area contributed by atoms with Crippen molar-refractivity contribution < 1.29 is 28.5 Å². The summed E-state index contributed by atoms with van der Waals surface area (Å²) in [5, 5.41) is 0. The normalized spacial score (nSPS) is 11.4. The molecule has 3 aromatic rings. The van der Waals surface area contributed by atoms with Crippen molar-refractivity contribution in [2.24, 2.45) is 4.99 Å². The van der Waals surface area contributed by atoms with E-state index >= 15 is 0 Å². The van der Waals surface area contributed by atoms with Crippen molar-refractivity contribution in [1.29, 1.82) is 0 Å². The first-order valence-corrected chi connectivity index (χ1v) is 9.37. The number of hydrogen-bond acceptors (Lipinski definition) is 7. The number of hydrogen-bond donors (Lipinski definition) is 0. The number of nitrogens with zero attached hydrogens (tertiary/aromatic N) is 2. The van der Waals surface area contributed by atoms with E-state index < -0.39 is 11.9 Å². The summed E-state index contributed by atoms with van der Waals surface area (Å²) in [5.74, 6) is 0.682. The molecule has 0 fully saturated rings. The van der Waals surface area contributed by atoms with Crippen LogP contribution in [0.3, 0.4) is 0 Å². The number of carbonyl (C=O) groups is 2. The summed E-state index contributed by atoms with van der Waals surface area (Å²) in [7, 11) is 5.90. The molecule has 152 valence electrons. The van der Waals surface area contributed by atoms with E-state index in [-0.39, 0.29) is 6.54 Å². The maximum absolute atomic E-state index is 12.7. The average molecular weight is 416 g/mol. The molecular weight excluding hydrogens is 396 g/mol. The number of esters is 1. The van der Waals surface area contributed by atoms with Crippen LogP contribution in [0.4, 0.5) is 0 Å². The highest BCUT2D eigenvalue weighted by Crippen LogP contribution is 2.33. The first kappa shape index (κ1) is 20.4. The number of carbonyl (C=O) groups excluding carboxylic acids is 2. The largest absolute Gasteiger partial charge is 0.497 e. The summed E-state index contributed by atoms with van der Waals surface area (Å²) in [4.78, 5) is 29.3. The molecule has 1 aromatic heterocycles. The summed E-state index contributed by atoms with van der Waals surface area (Å²) in [6.07, 6.45) is 0. The van der Waals surface area contributed by atoms with Crippen molar-refractivity contribution in [2.45, 2.75) is 6.54 Å².